The third-order valence-electron chi connectivity index (χ3n) is 5.03. The Bertz CT molecular complexity index is 1570. The van der Waals surface area contributed by atoms with Gasteiger partial charge in [-0.2, -0.15) is 5.10 Å². The molecule has 0 amide bonds. The molecule has 0 atom stereocenters. The summed E-state index contributed by atoms with van der Waals surface area (Å²) < 4.78 is 15.5. The number of halogens is 1. The highest BCUT2D eigenvalue weighted by molar-refractivity contribution is 7.15. The minimum Gasteiger partial charge on any atom is -0.335 e. The van der Waals surface area contributed by atoms with Gasteiger partial charge in [0.2, 0.25) is 0 Å². The molecular formula is C21H13FN8S. The Morgan fingerprint density at radius 1 is 0.968 bits per heavy atom. The number of aryl methyl sites for hydroxylation is 1. The first-order valence-electron chi connectivity index (χ1n) is 9.39. The van der Waals surface area contributed by atoms with Crippen molar-refractivity contribution < 1.29 is 4.39 Å². The second-order valence-electron chi connectivity index (χ2n) is 6.96. The highest BCUT2D eigenvalue weighted by atomic mass is 32.1. The zero-order chi connectivity index (χ0) is 20.9. The van der Waals surface area contributed by atoms with Gasteiger partial charge in [-0.25, -0.2) is 29.3 Å². The number of pyridine rings is 2. The quantitative estimate of drug-likeness (QED) is 0.429. The minimum atomic E-state index is -0.467. The molecule has 8 nitrogen and oxygen atoms in total. The van der Waals surface area contributed by atoms with Crippen LogP contribution in [0.5, 0.6) is 0 Å². The molecule has 31 heavy (non-hydrogen) atoms. The summed E-state index contributed by atoms with van der Waals surface area (Å²) in [4.78, 5) is 26.8. The molecule has 6 aromatic heterocycles. The average molecular weight is 428 g/mol. The summed E-state index contributed by atoms with van der Waals surface area (Å²) in [7, 11) is 0. The first-order chi connectivity index (χ1) is 15.2. The van der Waals surface area contributed by atoms with E-state index in [9.17, 15) is 0 Å². The van der Waals surface area contributed by atoms with Crippen molar-refractivity contribution in [3.05, 3.63) is 60.0 Å². The lowest BCUT2D eigenvalue weighted by atomic mass is 10.1. The van der Waals surface area contributed by atoms with Crippen LogP contribution in [0.2, 0.25) is 0 Å². The molecule has 2 N–H and O–H groups in total. The molecule has 10 heteroatoms. The molecular weight excluding hydrogens is 415 g/mol. The van der Waals surface area contributed by atoms with Crippen LogP contribution in [0, 0.1) is 12.7 Å². The van der Waals surface area contributed by atoms with Crippen LogP contribution in [-0.2, 0) is 0 Å². The Labute approximate surface area is 178 Å². The number of imidazole rings is 1. The molecule has 0 aliphatic carbocycles. The number of nitrogens with one attached hydrogen (secondary N) is 2. The van der Waals surface area contributed by atoms with Crippen LogP contribution in [-0.4, -0.2) is 40.1 Å². The summed E-state index contributed by atoms with van der Waals surface area (Å²) in [6, 6.07) is 6.08. The van der Waals surface area contributed by atoms with Gasteiger partial charge in [0.1, 0.15) is 17.8 Å². The van der Waals surface area contributed by atoms with Crippen molar-refractivity contribution in [2.75, 3.05) is 0 Å². The normalized spacial score (nSPS) is 11.5. The van der Waals surface area contributed by atoms with E-state index in [0.717, 1.165) is 16.0 Å². The largest absolute Gasteiger partial charge is 0.335 e. The predicted octanol–water partition coefficient (Wildman–Crippen LogP) is 4.53. The highest BCUT2D eigenvalue weighted by Crippen LogP contribution is 2.35. The van der Waals surface area contributed by atoms with Gasteiger partial charge in [-0.3, -0.25) is 5.10 Å². The van der Waals surface area contributed by atoms with Gasteiger partial charge in [0.05, 0.1) is 10.9 Å². The Hall–Kier alpha value is -4.05. The Morgan fingerprint density at radius 3 is 2.65 bits per heavy atom. The van der Waals surface area contributed by atoms with E-state index in [1.807, 2.05) is 6.07 Å². The zero-order valence-electron chi connectivity index (χ0n) is 16.1. The highest BCUT2D eigenvalue weighted by Gasteiger charge is 2.21. The topological polar surface area (TPSA) is 109 Å². The van der Waals surface area contributed by atoms with Crippen molar-refractivity contribution in [2.24, 2.45) is 0 Å². The van der Waals surface area contributed by atoms with Crippen molar-refractivity contribution in [1.29, 1.82) is 0 Å². The first kappa shape index (κ1) is 17.8. The smallest absolute Gasteiger partial charge is 0.184 e. The van der Waals surface area contributed by atoms with Crippen LogP contribution < -0.4 is 0 Å². The van der Waals surface area contributed by atoms with Crippen molar-refractivity contribution in [1.82, 2.24) is 40.1 Å². The van der Waals surface area contributed by atoms with Gasteiger partial charge >= 0.3 is 0 Å². The van der Waals surface area contributed by atoms with Gasteiger partial charge in [-0.05, 0) is 25.1 Å². The van der Waals surface area contributed by atoms with Crippen molar-refractivity contribution in [2.45, 2.75) is 6.92 Å². The molecule has 0 radical (unpaired) electrons. The minimum absolute atomic E-state index is 0.244. The molecule has 150 valence electrons. The third-order valence-corrected chi connectivity index (χ3v) is 6.06. The van der Waals surface area contributed by atoms with Crippen LogP contribution in [0.15, 0.2) is 49.3 Å². The summed E-state index contributed by atoms with van der Waals surface area (Å²) in [6.45, 7) is 2.06. The van der Waals surface area contributed by atoms with E-state index in [4.69, 9.17) is 0 Å². The lowest BCUT2D eigenvalue weighted by Gasteiger charge is -2.03. The van der Waals surface area contributed by atoms with Gasteiger partial charge in [-0.15, -0.1) is 11.3 Å². The molecule has 0 aliphatic rings. The molecule has 0 spiro atoms. The van der Waals surface area contributed by atoms with E-state index < -0.39 is 5.82 Å². The Balaban J connectivity index is 1.56. The molecule has 6 rings (SSSR count). The predicted molar refractivity (Wildman–Crippen MR) is 116 cm³/mol. The number of aromatic amines is 2. The van der Waals surface area contributed by atoms with Crippen molar-refractivity contribution in [3.63, 3.8) is 0 Å². The van der Waals surface area contributed by atoms with E-state index in [-0.39, 0.29) is 11.0 Å². The number of rotatable bonds is 3. The standard InChI is InChI=1S/C21H13FN8S/c1-10-2-3-14(31-10)12-4-5-25-20-17(12)27-21(28-20)18-15-16(22)13(8-26-19(15)30-29-18)11-6-23-9-24-7-11/h2-9H,1H3,(H,25,27,28)(H,26,29,30). The first-order valence-corrected chi connectivity index (χ1v) is 10.2. The summed E-state index contributed by atoms with van der Waals surface area (Å²) in [5.74, 6) is -0.0287. The molecule has 0 aromatic carbocycles. The van der Waals surface area contributed by atoms with Crippen LogP contribution in [0.1, 0.15) is 4.88 Å². The number of nitrogens with zero attached hydrogens (tertiary/aromatic N) is 6. The fourth-order valence-electron chi connectivity index (χ4n) is 3.58. The maximum absolute atomic E-state index is 15.5. The monoisotopic (exact) mass is 428 g/mol. The second-order valence-corrected chi connectivity index (χ2v) is 8.25. The summed E-state index contributed by atoms with van der Waals surface area (Å²) in [6.07, 6.45) is 7.62. The van der Waals surface area contributed by atoms with Gasteiger partial charge in [0.25, 0.3) is 0 Å². The molecule has 0 fully saturated rings. The van der Waals surface area contributed by atoms with Crippen LogP contribution >= 0.6 is 11.3 Å². The fraction of sp³-hybridized carbons (Fsp3) is 0.0476. The van der Waals surface area contributed by atoms with E-state index in [2.05, 4.69) is 59.2 Å². The summed E-state index contributed by atoms with van der Waals surface area (Å²) in [5, 5.41) is 7.27. The van der Waals surface area contributed by atoms with E-state index in [1.165, 1.54) is 17.4 Å². The number of thiophene rings is 1. The van der Waals surface area contributed by atoms with Gasteiger partial charge in [0.15, 0.2) is 17.1 Å². The van der Waals surface area contributed by atoms with Crippen LogP contribution in [0.3, 0.4) is 0 Å². The maximum Gasteiger partial charge on any atom is 0.184 e. The number of fused-ring (bicyclic) bond motifs is 2. The van der Waals surface area contributed by atoms with Gasteiger partial charge in [0, 0.05) is 51.2 Å². The lowest BCUT2D eigenvalue weighted by molar-refractivity contribution is 0.642. The van der Waals surface area contributed by atoms with E-state index in [1.54, 1.807) is 29.9 Å². The van der Waals surface area contributed by atoms with Crippen molar-refractivity contribution >= 4 is 33.5 Å². The second kappa shape index (κ2) is 6.74. The Kier molecular flexibility index (Phi) is 3.87. The van der Waals surface area contributed by atoms with Crippen LogP contribution in [0.4, 0.5) is 4.39 Å². The lowest BCUT2D eigenvalue weighted by Crippen LogP contribution is -1.91. The number of aromatic nitrogens is 8. The zero-order valence-corrected chi connectivity index (χ0v) is 16.9. The Morgan fingerprint density at radius 2 is 1.84 bits per heavy atom. The van der Waals surface area contributed by atoms with Gasteiger partial charge < -0.3 is 4.98 Å². The van der Waals surface area contributed by atoms with Crippen molar-refractivity contribution in [3.8, 4) is 33.1 Å². The average Bonchev–Trinajstić information content (AvgIpc) is 3.52. The molecule has 6 aromatic rings. The van der Waals surface area contributed by atoms with E-state index >= 15 is 4.39 Å². The molecule has 0 saturated heterocycles. The van der Waals surface area contributed by atoms with Crippen LogP contribution in [0.25, 0.3) is 55.3 Å². The van der Waals surface area contributed by atoms with E-state index in [0.29, 0.717) is 28.3 Å². The summed E-state index contributed by atoms with van der Waals surface area (Å²) in [5.41, 5.74) is 3.81. The molecule has 0 aliphatic heterocycles. The SMILES string of the molecule is Cc1ccc(-c2ccnc3nc(-c4[nH]nc5ncc(-c6cncnc6)c(F)c45)[nH]c23)s1. The summed E-state index contributed by atoms with van der Waals surface area (Å²) >= 11 is 1.69. The molecule has 0 unspecified atom stereocenters. The van der Waals surface area contributed by atoms with Gasteiger partial charge in [-0.1, -0.05) is 0 Å². The number of hydrogen-bond acceptors (Lipinski definition) is 7. The maximum atomic E-state index is 15.5. The number of H-pyrrole nitrogens is 2. The third kappa shape index (κ3) is 2.80. The fourth-order valence-corrected chi connectivity index (χ4v) is 4.47. The molecule has 0 saturated carbocycles. The number of hydrogen-bond donors (Lipinski definition) is 2. The molecule has 0 bridgehead atoms. The molecule has 6 heterocycles.